The molecule has 1 N–H and O–H groups in total. The van der Waals surface area contributed by atoms with Gasteiger partial charge in [-0.1, -0.05) is 54.6 Å². The molecule has 8 heteroatoms. The summed E-state index contributed by atoms with van der Waals surface area (Å²) in [5.41, 5.74) is 4.47. The summed E-state index contributed by atoms with van der Waals surface area (Å²) in [5.74, 6) is -0.117. The first-order valence-electron chi connectivity index (χ1n) is 15.1. The molecule has 2 aromatic heterocycles. The average Bonchev–Trinajstić information content (AvgIpc) is 3.69. The average molecular weight is 585 g/mol. The zero-order chi connectivity index (χ0) is 30.1. The Bertz CT molecular complexity index is 2230. The van der Waals surface area contributed by atoms with Crippen LogP contribution in [0, 0.1) is 0 Å². The van der Waals surface area contributed by atoms with E-state index in [9.17, 15) is 9.59 Å². The van der Waals surface area contributed by atoms with Gasteiger partial charge in [0.2, 0.25) is 0 Å². The topological polar surface area (TPSA) is 77.7 Å². The van der Waals surface area contributed by atoms with E-state index in [1.54, 1.807) is 7.11 Å². The van der Waals surface area contributed by atoms with Gasteiger partial charge in [-0.05, 0) is 43.7 Å². The molecule has 5 heterocycles. The molecular formula is C36H32N4O4. The molecule has 1 saturated heterocycles. The third-order valence-electron chi connectivity index (χ3n) is 10.4. The smallest absolute Gasteiger partial charge is 0.253 e. The molecule has 0 spiro atoms. The Kier molecular flexibility index (Phi) is 4.98. The Morgan fingerprint density at radius 2 is 1.52 bits per heavy atom. The molecule has 3 aliphatic heterocycles. The van der Waals surface area contributed by atoms with E-state index < -0.39 is 17.6 Å². The lowest BCUT2D eigenvalue weighted by atomic mass is 9.87. The van der Waals surface area contributed by atoms with E-state index >= 15 is 0 Å². The van der Waals surface area contributed by atoms with Gasteiger partial charge in [0.1, 0.15) is 11.8 Å². The molecule has 8 nitrogen and oxygen atoms in total. The monoisotopic (exact) mass is 584 g/mol. The fourth-order valence-corrected chi connectivity index (χ4v) is 8.76. The first kappa shape index (κ1) is 25.8. The van der Waals surface area contributed by atoms with Gasteiger partial charge in [0.25, 0.3) is 11.8 Å². The first-order valence-corrected chi connectivity index (χ1v) is 15.1. The minimum absolute atomic E-state index is 0.0491. The van der Waals surface area contributed by atoms with Crippen LogP contribution in [-0.4, -0.2) is 52.2 Å². The van der Waals surface area contributed by atoms with Gasteiger partial charge >= 0.3 is 0 Å². The quantitative estimate of drug-likeness (QED) is 0.274. The van der Waals surface area contributed by atoms with E-state index in [1.807, 2.05) is 66.5 Å². The summed E-state index contributed by atoms with van der Waals surface area (Å²) in [6.45, 7) is 4.67. The highest BCUT2D eigenvalue weighted by molar-refractivity contribution is 6.31. The lowest BCUT2D eigenvalue weighted by Gasteiger charge is -2.54. The summed E-state index contributed by atoms with van der Waals surface area (Å²) in [4.78, 5) is 29.4. The zero-order valence-electron chi connectivity index (χ0n) is 25.0. The summed E-state index contributed by atoms with van der Waals surface area (Å²) in [6, 6.07) is 25.7. The Morgan fingerprint density at radius 1 is 0.909 bits per heavy atom. The largest absolute Gasteiger partial charge is 0.374 e. The van der Waals surface area contributed by atoms with E-state index in [1.165, 1.54) is 0 Å². The van der Waals surface area contributed by atoms with Crippen LogP contribution in [0.3, 0.4) is 0 Å². The molecule has 6 aromatic rings. The highest BCUT2D eigenvalue weighted by Gasteiger charge is 2.59. The van der Waals surface area contributed by atoms with Gasteiger partial charge in [-0.15, -0.1) is 0 Å². The molecule has 3 aliphatic rings. The third-order valence-corrected chi connectivity index (χ3v) is 10.4. The molecule has 2 bridgehead atoms. The number of hydrogen-bond donors (Lipinski definition) is 1. The van der Waals surface area contributed by atoms with Gasteiger partial charge in [0.05, 0.1) is 33.7 Å². The Morgan fingerprint density at radius 3 is 2.23 bits per heavy atom. The number of ether oxygens (including phenoxy) is 2. The van der Waals surface area contributed by atoms with E-state index in [2.05, 4.69) is 52.6 Å². The minimum Gasteiger partial charge on any atom is -0.374 e. The van der Waals surface area contributed by atoms with Crippen LogP contribution in [0.25, 0.3) is 43.6 Å². The van der Waals surface area contributed by atoms with Crippen LogP contribution < -0.4 is 5.32 Å². The van der Waals surface area contributed by atoms with Crippen molar-refractivity contribution in [1.29, 1.82) is 0 Å². The molecule has 1 fully saturated rings. The normalized spacial score (nSPS) is 25.6. The number of amides is 2. The van der Waals surface area contributed by atoms with Crippen LogP contribution in [-0.2, 0) is 27.5 Å². The van der Waals surface area contributed by atoms with Crippen molar-refractivity contribution in [1.82, 2.24) is 19.4 Å². The lowest BCUT2D eigenvalue weighted by molar-refractivity contribution is -0.305. The second-order valence-corrected chi connectivity index (χ2v) is 12.7. The van der Waals surface area contributed by atoms with Gasteiger partial charge < -0.3 is 28.8 Å². The summed E-state index contributed by atoms with van der Waals surface area (Å²) in [6.07, 6.45) is -0.0246. The van der Waals surface area contributed by atoms with Gasteiger partial charge in [-0.3, -0.25) is 9.59 Å². The molecule has 9 rings (SSSR count). The van der Waals surface area contributed by atoms with Crippen LogP contribution in [0.5, 0.6) is 0 Å². The fraction of sp³-hybridized carbons (Fsp3) is 0.278. The number of likely N-dealkylation sites (N-methyl/N-ethyl adjacent to an activating group) is 1. The van der Waals surface area contributed by atoms with Gasteiger partial charge in [-0.25, -0.2) is 0 Å². The summed E-state index contributed by atoms with van der Waals surface area (Å²) in [7, 11) is 3.58. The number of fused-ring (bicyclic) bond motifs is 13. The number of nitrogens with one attached hydrogen (secondary N) is 1. The number of carbonyl (C=O) groups is 2. The minimum atomic E-state index is -1.02. The van der Waals surface area contributed by atoms with Crippen LogP contribution in [0.15, 0.2) is 78.9 Å². The van der Waals surface area contributed by atoms with Crippen molar-refractivity contribution in [2.45, 2.75) is 50.4 Å². The SMILES string of the molecule is CO[C@@H]1[C@H](N(C)C(=O)c2ccccc2)C[C@@]2(C)O[C@]1(C)n1c3ccccc3c3c4c(c5c6ccccc6n2c5c31)C(=O)NC4. The number of para-hydroxylation sites is 2. The fourth-order valence-electron chi connectivity index (χ4n) is 8.76. The number of carbonyl (C=O) groups excluding carboxylic acids is 2. The third kappa shape index (κ3) is 2.95. The van der Waals surface area contributed by atoms with Crippen molar-refractivity contribution in [3.63, 3.8) is 0 Å². The standard InChI is InChI=1S/C36H32N4O4/c1-35-18-26(38(3)34(42)20-12-6-5-7-13-20)32(43-4)36(2,44-35)40-25-17-11-8-14-21(25)27-23-19-37-33(41)29(23)28-22-15-9-10-16-24(22)39(35)31(28)30(27)40/h5-17,26,32H,18-19H2,1-4H3,(H,37,41)/t26-,32-,35-,36+/m1/s1. The number of benzene rings is 4. The molecule has 4 atom stereocenters. The van der Waals surface area contributed by atoms with E-state index in [-0.39, 0.29) is 17.9 Å². The molecule has 220 valence electrons. The van der Waals surface area contributed by atoms with Crippen molar-refractivity contribution in [2.75, 3.05) is 14.2 Å². The molecule has 0 aliphatic carbocycles. The Hall–Kier alpha value is -4.66. The van der Waals surface area contributed by atoms with Crippen molar-refractivity contribution >= 4 is 55.4 Å². The predicted octanol–water partition coefficient (Wildman–Crippen LogP) is 6.08. The van der Waals surface area contributed by atoms with E-state index in [4.69, 9.17) is 9.47 Å². The summed E-state index contributed by atoms with van der Waals surface area (Å²) >= 11 is 0. The van der Waals surface area contributed by atoms with Gasteiger partial charge in [0, 0.05) is 54.2 Å². The van der Waals surface area contributed by atoms with Crippen LogP contribution in [0.2, 0.25) is 0 Å². The maximum Gasteiger partial charge on any atom is 0.253 e. The predicted molar refractivity (Wildman–Crippen MR) is 170 cm³/mol. The number of nitrogens with zero attached hydrogens (tertiary/aromatic N) is 3. The number of methoxy groups -OCH3 is 1. The number of hydrogen-bond acceptors (Lipinski definition) is 4. The number of aromatic nitrogens is 2. The Labute approximate surface area is 253 Å². The zero-order valence-corrected chi connectivity index (χ0v) is 25.0. The second kappa shape index (κ2) is 8.49. The van der Waals surface area contributed by atoms with Crippen molar-refractivity contribution < 1.29 is 19.1 Å². The van der Waals surface area contributed by atoms with Crippen LogP contribution in [0.4, 0.5) is 0 Å². The first-order chi connectivity index (χ1) is 21.3. The summed E-state index contributed by atoms with van der Waals surface area (Å²) in [5, 5.41) is 7.22. The van der Waals surface area contributed by atoms with Crippen molar-refractivity contribution in [2.24, 2.45) is 0 Å². The molecule has 44 heavy (non-hydrogen) atoms. The van der Waals surface area contributed by atoms with Crippen molar-refractivity contribution in [3.8, 4) is 0 Å². The maximum absolute atomic E-state index is 14.0. The molecule has 0 radical (unpaired) electrons. The van der Waals surface area contributed by atoms with Crippen LogP contribution >= 0.6 is 0 Å². The molecule has 2 amide bonds. The van der Waals surface area contributed by atoms with E-state index in [0.717, 1.165) is 54.7 Å². The molecule has 0 saturated carbocycles. The molecular weight excluding hydrogens is 552 g/mol. The highest BCUT2D eigenvalue weighted by atomic mass is 16.6. The molecule has 0 unspecified atom stereocenters. The highest BCUT2D eigenvalue weighted by Crippen LogP contribution is 2.56. The second-order valence-electron chi connectivity index (χ2n) is 12.7. The number of rotatable bonds is 3. The van der Waals surface area contributed by atoms with Gasteiger partial charge in [-0.2, -0.15) is 0 Å². The van der Waals surface area contributed by atoms with E-state index in [0.29, 0.717) is 18.5 Å². The maximum atomic E-state index is 14.0. The van der Waals surface area contributed by atoms with Crippen molar-refractivity contribution in [3.05, 3.63) is 95.6 Å². The summed E-state index contributed by atoms with van der Waals surface area (Å²) < 4.78 is 18.4. The Balaban J connectivity index is 1.45. The molecule has 4 aromatic carbocycles. The van der Waals surface area contributed by atoms with Gasteiger partial charge in [0.15, 0.2) is 5.72 Å². The van der Waals surface area contributed by atoms with Crippen LogP contribution in [0.1, 0.15) is 46.5 Å². The lowest BCUT2D eigenvalue weighted by Crippen LogP contribution is -2.65.